The minimum atomic E-state index is -0.282. The van der Waals surface area contributed by atoms with Gasteiger partial charge in [0.1, 0.15) is 11.8 Å². The Morgan fingerprint density at radius 1 is 0.778 bits per heavy atom. The fourth-order valence-electron chi connectivity index (χ4n) is 3.35. The summed E-state index contributed by atoms with van der Waals surface area (Å²) in [7, 11) is 0. The largest absolute Gasteiger partial charge is 0.463 e. The summed E-state index contributed by atoms with van der Waals surface area (Å²) in [4.78, 5) is 13.0. The van der Waals surface area contributed by atoms with Crippen molar-refractivity contribution in [3.05, 3.63) is 81.7 Å². The van der Waals surface area contributed by atoms with Crippen molar-refractivity contribution in [3.8, 4) is 11.1 Å². The molecule has 0 fully saturated rings. The van der Waals surface area contributed by atoms with Gasteiger partial charge in [0.25, 0.3) is 0 Å². The smallest absolute Gasteiger partial charge is 0.200 e. The van der Waals surface area contributed by atoms with E-state index < -0.39 is 0 Å². The molecular weight excluding hydrogens is 344 g/mol. The van der Waals surface area contributed by atoms with Crippen LogP contribution in [0.5, 0.6) is 0 Å². The van der Waals surface area contributed by atoms with Crippen LogP contribution in [-0.4, -0.2) is 15.3 Å². The molecule has 1 heterocycles. The Bertz CT molecular complexity index is 1210. The molecule has 0 aliphatic carbocycles. The molecule has 0 spiro atoms. The van der Waals surface area contributed by atoms with Gasteiger partial charge in [-0.05, 0) is 51.7 Å². The van der Waals surface area contributed by atoms with Crippen LogP contribution in [0.15, 0.2) is 64.0 Å². The molecule has 4 rings (SSSR count). The van der Waals surface area contributed by atoms with Crippen molar-refractivity contribution in [2.75, 3.05) is 0 Å². The van der Waals surface area contributed by atoms with Crippen molar-refractivity contribution in [2.45, 2.75) is 19.8 Å². The van der Waals surface area contributed by atoms with Crippen molar-refractivity contribution in [3.63, 3.8) is 0 Å². The summed E-state index contributed by atoms with van der Waals surface area (Å²) in [5.41, 5.74) is 3.09. The number of benzene rings is 3. The Morgan fingerprint density at radius 2 is 1.52 bits per heavy atom. The Morgan fingerprint density at radius 3 is 2.26 bits per heavy atom. The lowest BCUT2D eigenvalue weighted by Gasteiger charge is -2.09. The topological polar surface area (TPSA) is 90.9 Å². The van der Waals surface area contributed by atoms with Crippen LogP contribution >= 0.6 is 0 Å². The quantitative estimate of drug-likeness (QED) is 0.519. The Balaban J connectivity index is 1.92. The SMILES string of the molecule is O=c1c(-c2ccc3cc(CO)ccc3c2)coc2c(CO)cc(CO)cc12. The Labute approximate surface area is 154 Å². The van der Waals surface area contributed by atoms with Gasteiger partial charge in [0.05, 0.1) is 30.8 Å². The minimum Gasteiger partial charge on any atom is -0.463 e. The van der Waals surface area contributed by atoms with Gasteiger partial charge < -0.3 is 19.7 Å². The van der Waals surface area contributed by atoms with E-state index in [-0.39, 0.29) is 25.2 Å². The van der Waals surface area contributed by atoms with E-state index in [2.05, 4.69) is 0 Å². The Kier molecular flexibility index (Phi) is 4.49. The molecule has 0 saturated heterocycles. The molecule has 1 aromatic heterocycles. The molecule has 3 N–H and O–H groups in total. The van der Waals surface area contributed by atoms with Gasteiger partial charge in [-0.25, -0.2) is 0 Å². The highest BCUT2D eigenvalue weighted by Crippen LogP contribution is 2.27. The zero-order chi connectivity index (χ0) is 19.0. The highest BCUT2D eigenvalue weighted by Gasteiger charge is 2.14. The third-order valence-electron chi connectivity index (χ3n) is 4.76. The average molecular weight is 362 g/mol. The molecule has 0 aliphatic rings. The van der Waals surface area contributed by atoms with Crippen molar-refractivity contribution < 1.29 is 19.7 Å². The van der Waals surface area contributed by atoms with Crippen LogP contribution in [0.1, 0.15) is 16.7 Å². The first-order valence-corrected chi connectivity index (χ1v) is 8.57. The van der Waals surface area contributed by atoms with Gasteiger partial charge >= 0.3 is 0 Å². The maximum Gasteiger partial charge on any atom is 0.200 e. The zero-order valence-electron chi connectivity index (χ0n) is 14.5. The second-order valence-electron chi connectivity index (χ2n) is 6.48. The van der Waals surface area contributed by atoms with Gasteiger partial charge in [-0.2, -0.15) is 0 Å². The highest BCUT2D eigenvalue weighted by atomic mass is 16.3. The van der Waals surface area contributed by atoms with E-state index >= 15 is 0 Å². The van der Waals surface area contributed by atoms with E-state index in [4.69, 9.17) is 4.42 Å². The van der Waals surface area contributed by atoms with Gasteiger partial charge in [0, 0.05) is 5.56 Å². The molecule has 0 radical (unpaired) electrons. The van der Waals surface area contributed by atoms with Crippen molar-refractivity contribution >= 4 is 21.7 Å². The number of hydrogen-bond donors (Lipinski definition) is 3. The third-order valence-corrected chi connectivity index (χ3v) is 4.76. The fraction of sp³-hybridized carbons (Fsp3) is 0.136. The molecule has 5 nitrogen and oxygen atoms in total. The number of fused-ring (bicyclic) bond motifs is 2. The summed E-state index contributed by atoms with van der Waals surface area (Å²) in [6.45, 7) is -0.530. The second kappa shape index (κ2) is 6.96. The third kappa shape index (κ3) is 3.02. The number of rotatable bonds is 4. The molecule has 27 heavy (non-hydrogen) atoms. The van der Waals surface area contributed by atoms with Crippen LogP contribution in [0.2, 0.25) is 0 Å². The summed E-state index contributed by atoms with van der Waals surface area (Å²) >= 11 is 0. The van der Waals surface area contributed by atoms with Gasteiger partial charge in [-0.3, -0.25) is 4.79 Å². The van der Waals surface area contributed by atoms with Crippen LogP contribution in [-0.2, 0) is 19.8 Å². The van der Waals surface area contributed by atoms with Crippen molar-refractivity contribution in [1.29, 1.82) is 0 Å². The number of aliphatic hydroxyl groups is 3. The van der Waals surface area contributed by atoms with E-state index in [0.717, 1.165) is 21.9 Å². The van der Waals surface area contributed by atoms with Crippen LogP contribution in [0, 0.1) is 0 Å². The first-order valence-electron chi connectivity index (χ1n) is 8.57. The maximum atomic E-state index is 13.0. The van der Waals surface area contributed by atoms with E-state index in [1.165, 1.54) is 6.26 Å². The van der Waals surface area contributed by atoms with Crippen molar-refractivity contribution in [2.24, 2.45) is 0 Å². The lowest BCUT2D eigenvalue weighted by Crippen LogP contribution is -2.07. The zero-order valence-corrected chi connectivity index (χ0v) is 14.5. The summed E-state index contributed by atoms with van der Waals surface area (Å²) in [5.74, 6) is 0. The van der Waals surface area contributed by atoms with Crippen LogP contribution < -0.4 is 5.43 Å². The van der Waals surface area contributed by atoms with Crippen molar-refractivity contribution in [1.82, 2.24) is 0 Å². The molecule has 136 valence electrons. The Hall–Kier alpha value is -2.99. The molecular formula is C22H18O5. The summed E-state index contributed by atoms with van der Waals surface area (Å²) in [6, 6.07) is 14.5. The van der Waals surface area contributed by atoms with E-state index in [9.17, 15) is 20.1 Å². The minimum absolute atomic E-state index is 0.0215. The lowest BCUT2D eigenvalue weighted by atomic mass is 9.99. The molecule has 0 amide bonds. The van der Waals surface area contributed by atoms with Crippen LogP contribution in [0.25, 0.3) is 32.9 Å². The predicted molar refractivity (Wildman–Crippen MR) is 103 cm³/mol. The molecule has 5 heteroatoms. The second-order valence-corrected chi connectivity index (χ2v) is 6.48. The fourth-order valence-corrected chi connectivity index (χ4v) is 3.35. The molecule has 0 unspecified atom stereocenters. The number of hydrogen-bond acceptors (Lipinski definition) is 5. The predicted octanol–water partition coefficient (Wildman–Crippen LogP) is 3.09. The normalized spacial score (nSPS) is 11.4. The average Bonchev–Trinajstić information content (AvgIpc) is 2.72. The van der Waals surface area contributed by atoms with Gasteiger partial charge in [-0.15, -0.1) is 0 Å². The van der Waals surface area contributed by atoms with E-state index in [1.54, 1.807) is 12.1 Å². The van der Waals surface area contributed by atoms with E-state index in [0.29, 0.717) is 27.7 Å². The molecule has 0 saturated carbocycles. The molecule has 4 aromatic rings. The summed E-state index contributed by atoms with van der Waals surface area (Å²) < 4.78 is 5.67. The van der Waals surface area contributed by atoms with Gasteiger partial charge in [0.2, 0.25) is 5.43 Å². The van der Waals surface area contributed by atoms with Crippen LogP contribution in [0.3, 0.4) is 0 Å². The van der Waals surface area contributed by atoms with Gasteiger partial charge in [0.15, 0.2) is 0 Å². The molecule has 0 bridgehead atoms. The lowest BCUT2D eigenvalue weighted by molar-refractivity contribution is 0.275. The molecule has 0 atom stereocenters. The standard InChI is InChI=1S/C22H18O5/c23-9-13-1-2-16-8-17(4-3-15(16)5-13)20-12-27-22-18(11-25)6-14(10-24)7-19(22)21(20)26/h1-8,12,23-25H,9-11H2. The number of aliphatic hydroxyl groups excluding tert-OH is 3. The van der Waals surface area contributed by atoms with Gasteiger partial charge in [-0.1, -0.05) is 24.3 Å². The van der Waals surface area contributed by atoms with E-state index in [1.807, 2.05) is 36.4 Å². The maximum absolute atomic E-state index is 13.0. The highest BCUT2D eigenvalue weighted by molar-refractivity contribution is 5.90. The molecule has 3 aromatic carbocycles. The van der Waals surface area contributed by atoms with Crippen LogP contribution in [0.4, 0.5) is 0 Å². The summed E-state index contributed by atoms with van der Waals surface area (Å²) in [5, 5.41) is 30.5. The first-order chi connectivity index (χ1) is 13.1. The molecule has 0 aliphatic heterocycles. The monoisotopic (exact) mass is 362 g/mol. The summed E-state index contributed by atoms with van der Waals surface area (Å²) in [6.07, 6.45) is 1.41. The first kappa shape index (κ1) is 17.4.